The Morgan fingerprint density at radius 3 is 1.71 bits per heavy atom. The molecule has 0 radical (unpaired) electrons. The quantitative estimate of drug-likeness (QED) is 0.383. The summed E-state index contributed by atoms with van der Waals surface area (Å²) in [5.41, 5.74) is 0. The standard InChI is InChI=1S/C5H6N2/c6-4-2-1-3-5-7/h1-3H2/i4+1,5+1. The van der Waals surface area contributed by atoms with Gasteiger partial charge >= 0.3 is 0 Å². The van der Waals surface area contributed by atoms with Gasteiger partial charge < -0.3 is 0 Å². The van der Waals surface area contributed by atoms with E-state index in [2.05, 4.69) is 0 Å². The molecule has 0 amide bonds. The Hall–Kier alpha value is -1.02. The largest absolute Gasteiger partial charge is 0.198 e. The predicted octanol–water partition coefficient (Wildman–Crippen LogP) is 1.20. The van der Waals surface area contributed by atoms with Gasteiger partial charge in [-0.05, 0) is 6.42 Å². The summed E-state index contributed by atoms with van der Waals surface area (Å²) in [5, 5.41) is 15.9. The van der Waals surface area contributed by atoms with Gasteiger partial charge in [-0.2, -0.15) is 10.5 Å². The molecule has 2 heteroatoms. The summed E-state index contributed by atoms with van der Waals surface area (Å²) in [6, 6.07) is 3.90. The van der Waals surface area contributed by atoms with Crippen LogP contribution in [0.1, 0.15) is 19.3 Å². The topological polar surface area (TPSA) is 47.6 Å². The average Bonchev–Trinajstić information content (AvgIpc) is 1.69. The smallest absolute Gasteiger partial charge is 0.0622 e. The Morgan fingerprint density at radius 1 is 1.00 bits per heavy atom. The average molecular weight is 96.1 g/mol. The molecular formula is C5H6N2. The maximum absolute atomic E-state index is 7.93. The van der Waals surface area contributed by atoms with Crippen LogP contribution in [0.4, 0.5) is 0 Å². The van der Waals surface area contributed by atoms with Crippen LogP contribution in [0.3, 0.4) is 0 Å². The van der Waals surface area contributed by atoms with Crippen LogP contribution in [-0.2, 0) is 0 Å². The molecule has 0 heterocycles. The van der Waals surface area contributed by atoms with Gasteiger partial charge in [-0.25, -0.2) is 0 Å². The SMILES string of the molecule is N#[13C]CCC[13C]#N. The third-order valence-electron chi connectivity index (χ3n) is 0.577. The summed E-state index contributed by atoms with van der Waals surface area (Å²) < 4.78 is 0. The molecule has 0 aromatic rings. The first-order valence-corrected chi connectivity index (χ1v) is 2.15. The van der Waals surface area contributed by atoms with E-state index in [0.717, 1.165) is 0 Å². The lowest BCUT2D eigenvalue weighted by molar-refractivity contribution is 0.885. The number of nitriles is 2. The Labute approximate surface area is 43.0 Å². The highest BCUT2D eigenvalue weighted by Gasteiger charge is 1.79. The van der Waals surface area contributed by atoms with Crippen molar-refractivity contribution in [2.24, 2.45) is 0 Å². The Bertz CT molecular complexity index is 90.2. The van der Waals surface area contributed by atoms with Crippen LogP contribution < -0.4 is 0 Å². The van der Waals surface area contributed by atoms with Crippen LogP contribution in [0.25, 0.3) is 0 Å². The minimum absolute atomic E-state index is 0.508. The van der Waals surface area contributed by atoms with Gasteiger partial charge in [-0.15, -0.1) is 0 Å². The monoisotopic (exact) mass is 96.1 g/mol. The Balaban J connectivity index is 2.77. The van der Waals surface area contributed by atoms with Crippen molar-refractivity contribution in [3.63, 3.8) is 0 Å². The van der Waals surface area contributed by atoms with Crippen LogP contribution >= 0.6 is 0 Å². The van der Waals surface area contributed by atoms with Crippen molar-refractivity contribution >= 4 is 0 Å². The first kappa shape index (κ1) is 5.98. The van der Waals surface area contributed by atoms with Gasteiger partial charge in [-0.1, -0.05) is 0 Å². The number of unbranched alkanes of at least 4 members (excludes halogenated alkanes) is 2. The molecule has 36 valence electrons. The minimum atomic E-state index is 0.508. The molecule has 0 aliphatic heterocycles. The van der Waals surface area contributed by atoms with Gasteiger partial charge in [0.05, 0.1) is 12.1 Å². The van der Waals surface area contributed by atoms with E-state index >= 15 is 0 Å². The molecule has 0 aliphatic carbocycles. The fraction of sp³-hybridized carbons (Fsp3) is 0.600. The van der Waals surface area contributed by atoms with E-state index in [1.807, 2.05) is 12.1 Å². The highest BCUT2D eigenvalue weighted by molar-refractivity contribution is 4.74. The second kappa shape index (κ2) is 4.98. The van der Waals surface area contributed by atoms with Crippen molar-refractivity contribution in [2.75, 3.05) is 0 Å². The van der Waals surface area contributed by atoms with Gasteiger partial charge in [0, 0.05) is 12.8 Å². The molecule has 7 heavy (non-hydrogen) atoms. The van der Waals surface area contributed by atoms with Crippen LogP contribution in [0, 0.1) is 22.7 Å². The van der Waals surface area contributed by atoms with E-state index in [4.69, 9.17) is 10.5 Å². The molecule has 0 saturated heterocycles. The zero-order valence-electron chi connectivity index (χ0n) is 4.02. The molecule has 0 N–H and O–H groups in total. The maximum atomic E-state index is 7.93. The first-order valence-electron chi connectivity index (χ1n) is 2.15. The van der Waals surface area contributed by atoms with E-state index in [1.165, 1.54) is 0 Å². The van der Waals surface area contributed by atoms with Crippen LogP contribution in [0.2, 0.25) is 0 Å². The van der Waals surface area contributed by atoms with Gasteiger partial charge in [0.15, 0.2) is 0 Å². The molecule has 0 unspecified atom stereocenters. The highest BCUT2D eigenvalue weighted by Crippen LogP contribution is 1.88. The Morgan fingerprint density at radius 2 is 1.43 bits per heavy atom. The molecule has 0 aliphatic rings. The second-order valence-corrected chi connectivity index (χ2v) is 1.17. The summed E-state index contributed by atoms with van der Waals surface area (Å²) in [6.07, 6.45) is 1.73. The van der Waals surface area contributed by atoms with Gasteiger partial charge in [-0.3, -0.25) is 0 Å². The second-order valence-electron chi connectivity index (χ2n) is 1.17. The van der Waals surface area contributed by atoms with Gasteiger partial charge in [0.1, 0.15) is 0 Å². The van der Waals surface area contributed by atoms with Gasteiger partial charge in [0.2, 0.25) is 0 Å². The fourth-order valence-corrected chi connectivity index (χ4v) is 0.247. The molecule has 0 aromatic heterocycles. The number of hydrogen-bond acceptors (Lipinski definition) is 2. The molecule has 0 fully saturated rings. The van der Waals surface area contributed by atoms with Crippen molar-refractivity contribution < 1.29 is 0 Å². The van der Waals surface area contributed by atoms with Crippen molar-refractivity contribution in [3.05, 3.63) is 0 Å². The molecule has 0 spiro atoms. The summed E-state index contributed by atoms with van der Waals surface area (Å²) in [7, 11) is 0. The van der Waals surface area contributed by atoms with Crippen molar-refractivity contribution in [1.82, 2.24) is 0 Å². The normalized spacial score (nSPS) is 6.57. The zero-order chi connectivity index (χ0) is 5.54. The maximum Gasteiger partial charge on any atom is 0.0622 e. The van der Waals surface area contributed by atoms with Crippen LogP contribution in [0.15, 0.2) is 0 Å². The van der Waals surface area contributed by atoms with E-state index in [0.29, 0.717) is 19.3 Å². The third kappa shape index (κ3) is 4.98. The molecule has 2 nitrogen and oxygen atoms in total. The van der Waals surface area contributed by atoms with Crippen molar-refractivity contribution in [1.29, 1.82) is 10.5 Å². The minimum Gasteiger partial charge on any atom is -0.198 e. The molecule has 0 rings (SSSR count). The lowest BCUT2D eigenvalue weighted by atomic mass is 10.4. The molecule has 0 saturated carbocycles. The van der Waals surface area contributed by atoms with Crippen LogP contribution in [-0.4, -0.2) is 0 Å². The lowest BCUT2D eigenvalue weighted by Crippen LogP contribution is -1.65. The third-order valence-corrected chi connectivity index (χ3v) is 0.577. The number of nitrogens with zero attached hydrogens (tertiary/aromatic N) is 2. The Kier molecular flexibility index (Phi) is 4.25. The predicted molar refractivity (Wildman–Crippen MR) is 25.1 cm³/mol. The molecule has 0 atom stereocenters. The van der Waals surface area contributed by atoms with E-state index in [-0.39, 0.29) is 0 Å². The van der Waals surface area contributed by atoms with Crippen molar-refractivity contribution in [2.45, 2.75) is 19.3 Å². The molecular weight excluding hydrogens is 90.1 g/mol. The highest BCUT2D eigenvalue weighted by atomic mass is 14.4. The molecule has 0 bridgehead atoms. The summed E-state index contributed by atoms with van der Waals surface area (Å²) in [4.78, 5) is 0. The van der Waals surface area contributed by atoms with Gasteiger partial charge in [0.25, 0.3) is 0 Å². The van der Waals surface area contributed by atoms with E-state index in [1.54, 1.807) is 0 Å². The fourth-order valence-electron chi connectivity index (χ4n) is 0.247. The summed E-state index contributed by atoms with van der Waals surface area (Å²) in [6.45, 7) is 0. The van der Waals surface area contributed by atoms with E-state index in [9.17, 15) is 0 Å². The van der Waals surface area contributed by atoms with Crippen molar-refractivity contribution in [3.8, 4) is 12.1 Å². The zero-order valence-corrected chi connectivity index (χ0v) is 4.02. The van der Waals surface area contributed by atoms with E-state index < -0.39 is 0 Å². The number of rotatable bonds is 2. The summed E-state index contributed by atoms with van der Waals surface area (Å²) >= 11 is 0. The van der Waals surface area contributed by atoms with Crippen LogP contribution in [0.5, 0.6) is 0 Å². The first-order chi connectivity index (χ1) is 3.41. The lowest BCUT2D eigenvalue weighted by Gasteiger charge is -1.75. The molecule has 0 aromatic carbocycles. The number of hydrogen-bond donors (Lipinski definition) is 0. The summed E-state index contributed by atoms with van der Waals surface area (Å²) in [5.74, 6) is 0.